The van der Waals surface area contributed by atoms with Gasteiger partial charge in [0.2, 0.25) is 0 Å². The molecule has 4 heteroatoms. The molecule has 1 aromatic rings. The van der Waals surface area contributed by atoms with Gasteiger partial charge in [-0.25, -0.2) is 8.78 Å². The minimum atomic E-state index is -0.675. The Balaban J connectivity index is 2.29. The van der Waals surface area contributed by atoms with Crippen molar-refractivity contribution in [3.8, 4) is 0 Å². The van der Waals surface area contributed by atoms with Gasteiger partial charge in [-0.05, 0) is 31.5 Å². The Kier molecular flexibility index (Phi) is 3.01. The van der Waals surface area contributed by atoms with E-state index in [1.165, 1.54) is 0 Å². The molecule has 1 aliphatic heterocycles. The third-order valence-electron chi connectivity index (χ3n) is 2.91. The predicted molar refractivity (Wildman–Crippen MR) is 54.2 cm³/mol. The minimum absolute atomic E-state index is 0.178. The van der Waals surface area contributed by atoms with E-state index in [-0.39, 0.29) is 23.4 Å². The van der Waals surface area contributed by atoms with Gasteiger partial charge in [-0.2, -0.15) is 0 Å². The molecule has 0 spiro atoms. The highest BCUT2D eigenvalue weighted by molar-refractivity contribution is 5.98. The molecule has 86 valence electrons. The Morgan fingerprint density at radius 3 is 2.81 bits per heavy atom. The van der Waals surface area contributed by atoms with Crippen LogP contribution in [0.2, 0.25) is 0 Å². The summed E-state index contributed by atoms with van der Waals surface area (Å²) < 4.78 is 31.6. The summed E-state index contributed by atoms with van der Waals surface area (Å²) in [6.07, 6.45) is 0.339. The molecular weight excluding hydrogens is 214 g/mol. The van der Waals surface area contributed by atoms with Crippen LogP contribution in [0.4, 0.5) is 8.78 Å². The Morgan fingerprint density at radius 2 is 2.19 bits per heavy atom. The highest BCUT2D eigenvalue weighted by atomic mass is 19.1. The van der Waals surface area contributed by atoms with E-state index < -0.39 is 11.6 Å². The summed E-state index contributed by atoms with van der Waals surface area (Å²) in [7, 11) is 0. The van der Waals surface area contributed by atoms with Crippen molar-refractivity contribution in [1.82, 2.24) is 0 Å². The van der Waals surface area contributed by atoms with E-state index in [1.807, 2.05) is 0 Å². The van der Waals surface area contributed by atoms with Crippen molar-refractivity contribution in [2.24, 2.45) is 5.92 Å². The second-order valence-electron chi connectivity index (χ2n) is 3.96. The first-order chi connectivity index (χ1) is 7.59. The first-order valence-electron chi connectivity index (χ1n) is 5.20. The third-order valence-corrected chi connectivity index (χ3v) is 2.91. The van der Waals surface area contributed by atoms with Crippen molar-refractivity contribution in [2.45, 2.75) is 19.4 Å². The van der Waals surface area contributed by atoms with E-state index in [1.54, 1.807) is 6.92 Å². The molecule has 0 aromatic heterocycles. The molecule has 2 unspecified atom stereocenters. The van der Waals surface area contributed by atoms with Gasteiger partial charge in [-0.3, -0.25) is 4.79 Å². The Bertz CT molecular complexity index is 417. The fourth-order valence-electron chi connectivity index (χ4n) is 1.96. The van der Waals surface area contributed by atoms with Crippen LogP contribution in [0.3, 0.4) is 0 Å². The second kappa shape index (κ2) is 4.29. The highest BCUT2D eigenvalue weighted by Gasteiger charge is 2.32. The first kappa shape index (κ1) is 11.2. The Hall–Kier alpha value is -1.29. The van der Waals surface area contributed by atoms with E-state index in [9.17, 15) is 13.6 Å². The lowest BCUT2D eigenvalue weighted by atomic mass is 9.92. The first-order valence-corrected chi connectivity index (χ1v) is 5.20. The number of rotatable bonds is 2. The molecule has 1 fully saturated rings. The summed E-state index contributed by atoms with van der Waals surface area (Å²) in [5.41, 5.74) is -0.178. The summed E-state index contributed by atoms with van der Waals surface area (Å²) >= 11 is 0. The standard InChI is InChI=1S/C12H12F2O2/c1-7-9(4-5-16-7)12(15)10-6-8(13)2-3-11(10)14/h2-3,6-7,9H,4-5H2,1H3. The van der Waals surface area contributed by atoms with Gasteiger partial charge in [0.1, 0.15) is 11.6 Å². The zero-order valence-electron chi connectivity index (χ0n) is 8.87. The molecule has 0 N–H and O–H groups in total. The van der Waals surface area contributed by atoms with Crippen LogP contribution in [0.1, 0.15) is 23.7 Å². The van der Waals surface area contributed by atoms with Crippen LogP contribution in [-0.4, -0.2) is 18.5 Å². The molecule has 2 nitrogen and oxygen atoms in total. The summed E-state index contributed by atoms with van der Waals surface area (Å²) in [4.78, 5) is 11.9. The predicted octanol–water partition coefficient (Wildman–Crippen LogP) is 2.57. The van der Waals surface area contributed by atoms with Crippen molar-refractivity contribution >= 4 is 5.78 Å². The molecule has 0 radical (unpaired) electrons. The number of carbonyl (C=O) groups is 1. The number of hydrogen-bond acceptors (Lipinski definition) is 2. The number of ether oxygens (including phenoxy) is 1. The maximum absolute atomic E-state index is 13.4. The van der Waals surface area contributed by atoms with Crippen molar-refractivity contribution in [1.29, 1.82) is 0 Å². The molecule has 1 aliphatic rings. The van der Waals surface area contributed by atoms with Crippen LogP contribution in [0.5, 0.6) is 0 Å². The molecule has 0 amide bonds. The van der Waals surface area contributed by atoms with Crippen LogP contribution in [-0.2, 0) is 4.74 Å². The molecule has 0 aliphatic carbocycles. The summed E-state index contributed by atoms with van der Waals surface area (Å²) in [6.45, 7) is 2.27. The molecule has 0 bridgehead atoms. The summed E-state index contributed by atoms with van der Waals surface area (Å²) in [5.74, 6) is -2.01. The molecule has 1 saturated heterocycles. The number of ketones is 1. The van der Waals surface area contributed by atoms with Crippen molar-refractivity contribution < 1.29 is 18.3 Å². The zero-order chi connectivity index (χ0) is 11.7. The SMILES string of the molecule is CC1OCCC1C(=O)c1cc(F)ccc1F. The fourth-order valence-corrected chi connectivity index (χ4v) is 1.96. The van der Waals surface area contributed by atoms with E-state index in [0.29, 0.717) is 13.0 Å². The number of halogens is 2. The van der Waals surface area contributed by atoms with Gasteiger partial charge in [0.15, 0.2) is 5.78 Å². The van der Waals surface area contributed by atoms with Crippen molar-refractivity contribution in [2.75, 3.05) is 6.61 Å². The van der Waals surface area contributed by atoms with Crippen LogP contribution >= 0.6 is 0 Å². The lowest BCUT2D eigenvalue weighted by molar-refractivity contribution is 0.0760. The number of benzene rings is 1. The van der Waals surface area contributed by atoms with Crippen LogP contribution in [0, 0.1) is 17.6 Å². The quantitative estimate of drug-likeness (QED) is 0.724. The Morgan fingerprint density at radius 1 is 1.44 bits per heavy atom. The lowest BCUT2D eigenvalue weighted by Gasteiger charge is -2.13. The monoisotopic (exact) mass is 226 g/mol. The van der Waals surface area contributed by atoms with Gasteiger partial charge in [0.25, 0.3) is 0 Å². The normalized spacial score (nSPS) is 24.7. The summed E-state index contributed by atoms with van der Waals surface area (Å²) in [6, 6.07) is 2.92. The fraction of sp³-hybridized carbons (Fsp3) is 0.417. The number of hydrogen-bond donors (Lipinski definition) is 0. The van der Waals surface area contributed by atoms with Crippen LogP contribution < -0.4 is 0 Å². The molecule has 2 atom stereocenters. The summed E-state index contributed by atoms with van der Waals surface area (Å²) in [5, 5.41) is 0. The topological polar surface area (TPSA) is 26.3 Å². The number of Topliss-reactive ketones (excluding diaryl/α,β-unsaturated/α-hetero) is 1. The zero-order valence-corrected chi connectivity index (χ0v) is 8.87. The maximum Gasteiger partial charge on any atom is 0.171 e. The third kappa shape index (κ3) is 1.97. The van der Waals surface area contributed by atoms with Gasteiger partial charge in [-0.15, -0.1) is 0 Å². The molecule has 1 heterocycles. The van der Waals surface area contributed by atoms with Crippen molar-refractivity contribution in [3.63, 3.8) is 0 Å². The maximum atomic E-state index is 13.4. The molecule has 1 aromatic carbocycles. The highest BCUT2D eigenvalue weighted by Crippen LogP contribution is 2.25. The van der Waals surface area contributed by atoms with Crippen LogP contribution in [0.25, 0.3) is 0 Å². The van der Waals surface area contributed by atoms with Crippen molar-refractivity contribution in [3.05, 3.63) is 35.4 Å². The van der Waals surface area contributed by atoms with E-state index in [0.717, 1.165) is 18.2 Å². The largest absolute Gasteiger partial charge is 0.378 e. The van der Waals surface area contributed by atoms with E-state index >= 15 is 0 Å². The molecule has 16 heavy (non-hydrogen) atoms. The van der Waals surface area contributed by atoms with Gasteiger partial charge in [-0.1, -0.05) is 0 Å². The average Bonchev–Trinajstić information content (AvgIpc) is 2.67. The van der Waals surface area contributed by atoms with Gasteiger partial charge in [0, 0.05) is 6.61 Å². The minimum Gasteiger partial charge on any atom is -0.378 e. The lowest BCUT2D eigenvalue weighted by Crippen LogP contribution is -2.22. The molecule has 0 saturated carbocycles. The smallest absolute Gasteiger partial charge is 0.171 e. The van der Waals surface area contributed by atoms with E-state index in [4.69, 9.17) is 4.74 Å². The van der Waals surface area contributed by atoms with E-state index in [2.05, 4.69) is 0 Å². The van der Waals surface area contributed by atoms with Gasteiger partial charge >= 0.3 is 0 Å². The van der Waals surface area contributed by atoms with Gasteiger partial charge < -0.3 is 4.74 Å². The average molecular weight is 226 g/mol. The Labute approximate surface area is 92.2 Å². The van der Waals surface area contributed by atoms with Gasteiger partial charge in [0.05, 0.1) is 17.6 Å². The molecule has 2 rings (SSSR count). The second-order valence-corrected chi connectivity index (χ2v) is 3.96. The number of carbonyl (C=O) groups excluding carboxylic acids is 1. The van der Waals surface area contributed by atoms with Crippen LogP contribution in [0.15, 0.2) is 18.2 Å². The molecular formula is C12H12F2O2.